The van der Waals surface area contributed by atoms with Crippen molar-refractivity contribution < 1.29 is 0 Å². The van der Waals surface area contributed by atoms with E-state index in [0.717, 1.165) is 5.69 Å². The van der Waals surface area contributed by atoms with Crippen molar-refractivity contribution in [2.45, 2.75) is 19.3 Å². The summed E-state index contributed by atoms with van der Waals surface area (Å²) in [4.78, 5) is 0. The van der Waals surface area contributed by atoms with Crippen LogP contribution in [0.5, 0.6) is 0 Å². The molecule has 2 aromatic heterocycles. The van der Waals surface area contributed by atoms with Gasteiger partial charge in [-0.15, -0.1) is 0 Å². The minimum Gasteiger partial charge on any atom is -0.309 e. The quantitative estimate of drug-likeness (QED) is 0.158. The van der Waals surface area contributed by atoms with E-state index in [4.69, 9.17) is 0 Å². The van der Waals surface area contributed by atoms with Gasteiger partial charge in [0.2, 0.25) is 0 Å². The van der Waals surface area contributed by atoms with Gasteiger partial charge in [-0.1, -0.05) is 172 Å². The molecule has 306 valence electrons. The number of rotatable bonds is 6. The van der Waals surface area contributed by atoms with Gasteiger partial charge in [-0.2, -0.15) is 0 Å². The van der Waals surface area contributed by atoms with Gasteiger partial charge in [-0.05, 0) is 140 Å². The summed E-state index contributed by atoms with van der Waals surface area (Å²) in [6.45, 7) is 4.73. The minimum atomic E-state index is -0.0937. The topological polar surface area (TPSA) is 9.86 Å². The van der Waals surface area contributed by atoms with E-state index in [9.17, 15) is 0 Å². The number of aromatic nitrogens is 2. The number of nitrogens with zero attached hydrogens (tertiary/aromatic N) is 2. The average Bonchev–Trinajstić information content (AvgIpc) is 3.96. The van der Waals surface area contributed by atoms with Crippen LogP contribution in [-0.4, -0.2) is 9.13 Å². The van der Waals surface area contributed by atoms with Crippen molar-refractivity contribution in [1.82, 2.24) is 9.13 Å². The molecule has 0 atom stereocenters. The van der Waals surface area contributed by atoms with Crippen LogP contribution in [0.3, 0.4) is 0 Å². The van der Waals surface area contributed by atoms with Gasteiger partial charge in [-0.3, -0.25) is 0 Å². The fourth-order valence-corrected chi connectivity index (χ4v) is 10.8. The molecule has 1 aliphatic rings. The fourth-order valence-electron chi connectivity index (χ4n) is 10.8. The molecule has 0 aliphatic heterocycles. The van der Waals surface area contributed by atoms with Gasteiger partial charge in [0, 0.05) is 38.3 Å². The predicted octanol–water partition coefficient (Wildman–Crippen LogP) is 16.9. The van der Waals surface area contributed by atoms with E-state index < -0.39 is 0 Å². The van der Waals surface area contributed by atoms with Crippen LogP contribution in [0.4, 0.5) is 0 Å². The zero-order chi connectivity index (χ0) is 43.2. The molecule has 0 saturated heterocycles. The van der Waals surface area contributed by atoms with E-state index in [-0.39, 0.29) is 5.41 Å². The van der Waals surface area contributed by atoms with E-state index in [1.165, 1.54) is 116 Å². The minimum absolute atomic E-state index is 0.0937. The molecule has 2 heterocycles. The molecule has 0 saturated carbocycles. The smallest absolute Gasteiger partial charge is 0.0541 e. The first-order chi connectivity index (χ1) is 32.0. The fraction of sp³-hybridized carbons (Fsp3) is 0.0476. The van der Waals surface area contributed by atoms with Crippen molar-refractivity contribution >= 4 is 43.6 Å². The van der Waals surface area contributed by atoms with Gasteiger partial charge in [-0.25, -0.2) is 0 Å². The molecule has 0 bridgehead atoms. The Morgan fingerprint density at radius 2 is 0.600 bits per heavy atom. The van der Waals surface area contributed by atoms with Gasteiger partial charge in [0.25, 0.3) is 0 Å². The second kappa shape index (κ2) is 14.4. The molecule has 0 unspecified atom stereocenters. The highest BCUT2D eigenvalue weighted by molar-refractivity contribution is 6.14. The third kappa shape index (κ3) is 5.88. The van der Waals surface area contributed by atoms with E-state index in [1.54, 1.807) is 0 Å². The van der Waals surface area contributed by atoms with Crippen molar-refractivity contribution in [3.8, 4) is 67.0 Å². The van der Waals surface area contributed by atoms with Crippen molar-refractivity contribution in [3.63, 3.8) is 0 Å². The Kier molecular flexibility index (Phi) is 8.29. The summed E-state index contributed by atoms with van der Waals surface area (Å²) in [6, 6.07) is 85.2. The van der Waals surface area contributed by atoms with Crippen molar-refractivity contribution in [3.05, 3.63) is 242 Å². The molecular formula is C63H44N2. The highest BCUT2D eigenvalue weighted by Gasteiger charge is 2.35. The molecule has 0 amide bonds. The van der Waals surface area contributed by atoms with Crippen LogP contribution >= 0.6 is 0 Å². The molecule has 10 aromatic carbocycles. The van der Waals surface area contributed by atoms with Crippen LogP contribution in [0.2, 0.25) is 0 Å². The molecule has 65 heavy (non-hydrogen) atoms. The first-order valence-corrected chi connectivity index (χ1v) is 22.7. The van der Waals surface area contributed by atoms with Gasteiger partial charge in [0.1, 0.15) is 0 Å². The Balaban J connectivity index is 0.998. The molecule has 0 radical (unpaired) electrons. The molecule has 13 rings (SSSR count). The Morgan fingerprint density at radius 3 is 1.08 bits per heavy atom. The third-order valence-electron chi connectivity index (χ3n) is 14.1. The summed E-state index contributed by atoms with van der Waals surface area (Å²) in [6.07, 6.45) is 0. The van der Waals surface area contributed by atoms with Crippen LogP contribution in [0, 0.1) is 0 Å². The van der Waals surface area contributed by atoms with Crippen molar-refractivity contribution in [2.24, 2.45) is 0 Å². The lowest BCUT2D eigenvalue weighted by atomic mass is 9.82. The van der Waals surface area contributed by atoms with Crippen LogP contribution in [0.1, 0.15) is 25.0 Å². The SMILES string of the molecule is CC1(C)c2ccccc2-c2ccc(-n3c4ccc(-c5ccccc5)cc4c4cc(-c5ccc6c(c5)c5cc(-c7ccccc7)ccc5n6-c5ccc(-c6ccccc6)cc5)ccc43)cc21. The average molecular weight is 829 g/mol. The maximum atomic E-state index is 2.48. The Morgan fingerprint density at radius 1 is 0.262 bits per heavy atom. The lowest BCUT2D eigenvalue weighted by Crippen LogP contribution is -2.15. The van der Waals surface area contributed by atoms with E-state index in [2.05, 4.69) is 254 Å². The molecule has 2 heteroatoms. The Hall–Kier alpha value is -8.20. The zero-order valence-corrected chi connectivity index (χ0v) is 36.3. The normalized spacial score (nSPS) is 12.9. The lowest BCUT2D eigenvalue weighted by Gasteiger charge is -2.22. The molecule has 2 nitrogen and oxygen atoms in total. The Bertz CT molecular complexity index is 3810. The zero-order valence-electron chi connectivity index (χ0n) is 36.3. The summed E-state index contributed by atoms with van der Waals surface area (Å²) in [5.41, 5.74) is 22.1. The van der Waals surface area contributed by atoms with Crippen LogP contribution in [0.15, 0.2) is 231 Å². The summed E-state index contributed by atoms with van der Waals surface area (Å²) in [7, 11) is 0. The molecule has 12 aromatic rings. The summed E-state index contributed by atoms with van der Waals surface area (Å²) in [5, 5.41) is 4.96. The van der Waals surface area contributed by atoms with E-state index in [0.29, 0.717) is 0 Å². The Labute approximate surface area is 378 Å². The second-order valence-corrected chi connectivity index (χ2v) is 18.1. The molecular weight excluding hydrogens is 785 g/mol. The van der Waals surface area contributed by atoms with Gasteiger partial charge < -0.3 is 9.13 Å². The summed E-state index contributed by atoms with van der Waals surface area (Å²) < 4.78 is 4.91. The van der Waals surface area contributed by atoms with Gasteiger partial charge in [0.15, 0.2) is 0 Å². The standard InChI is InChI=1S/C63H44N2/c1-63(2)57-21-13-12-20-51(57)52-31-30-50(40-58(52)63)65-61-33-25-46(43-18-10-5-11-19-43)37-54(61)56-39-48(27-35-62(56)65)47-26-34-60-55(38-47)53-36-45(42-16-8-4-9-17-42)24-32-59(53)64(60)49-28-22-44(23-29-49)41-14-6-3-7-15-41/h3-40H,1-2H3. The van der Waals surface area contributed by atoms with Crippen molar-refractivity contribution in [1.29, 1.82) is 0 Å². The highest BCUT2D eigenvalue weighted by Crippen LogP contribution is 2.50. The van der Waals surface area contributed by atoms with E-state index >= 15 is 0 Å². The molecule has 0 spiro atoms. The number of hydrogen-bond donors (Lipinski definition) is 0. The molecule has 0 fully saturated rings. The predicted molar refractivity (Wildman–Crippen MR) is 274 cm³/mol. The summed E-state index contributed by atoms with van der Waals surface area (Å²) in [5.74, 6) is 0. The van der Waals surface area contributed by atoms with E-state index in [1.807, 2.05) is 0 Å². The van der Waals surface area contributed by atoms with Crippen LogP contribution < -0.4 is 0 Å². The monoisotopic (exact) mass is 828 g/mol. The number of fused-ring (bicyclic) bond motifs is 9. The molecule has 0 N–H and O–H groups in total. The number of benzene rings is 10. The highest BCUT2D eigenvalue weighted by atomic mass is 15.0. The molecule has 1 aliphatic carbocycles. The maximum absolute atomic E-state index is 2.48. The van der Waals surface area contributed by atoms with Gasteiger partial charge >= 0.3 is 0 Å². The summed E-state index contributed by atoms with van der Waals surface area (Å²) >= 11 is 0. The largest absolute Gasteiger partial charge is 0.309 e. The lowest BCUT2D eigenvalue weighted by molar-refractivity contribution is 0.660. The first-order valence-electron chi connectivity index (χ1n) is 22.7. The van der Waals surface area contributed by atoms with Crippen LogP contribution in [0.25, 0.3) is 111 Å². The van der Waals surface area contributed by atoms with Gasteiger partial charge in [0.05, 0.1) is 22.1 Å². The van der Waals surface area contributed by atoms with Crippen LogP contribution in [-0.2, 0) is 5.41 Å². The first kappa shape index (κ1) is 37.4. The third-order valence-corrected chi connectivity index (χ3v) is 14.1. The van der Waals surface area contributed by atoms with Crippen molar-refractivity contribution in [2.75, 3.05) is 0 Å². The second-order valence-electron chi connectivity index (χ2n) is 18.1. The number of hydrogen-bond acceptors (Lipinski definition) is 0. The maximum Gasteiger partial charge on any atom is 0.0541 e.